The highest BCUT2D eigenvalue weighted by Crippen LogP contribution is 2.43. The molecule has 354 valence electrons. The van der Waals surface area contributed by atoms with Crippen LogP contribution in [-0.2, 0) is 66.5 Å². The molecule has 4 saturated heterocycles. The van der Waals surface area contributed by atoms with Crippen molar-refractivity contribution in [2.24, 2.45) is 29.4 Å². The average molecular weight is 886 g/mol. The number of rotatable bonds is 10. The number of primary amides is 1. The molecule has 0 radical (unpaired) electrons. The zero-order chi connectivity index (χ0) is 46.8. The van der Waals surface area contributed by atoms with E-state index in [-0.39, 0.29) is 31.1 Å². The van der Waals surface area contributed by atoms with E-state index in [1.54, 1.807) is 62.3 Å². The lowest BCUT2D eigenvalue weighted by molar-refractivity contribution is -0.319. The van der Waals surface area contributed by atoms with Gasteiger partial charge in [-0.3, -0.25) is 19.2 Å². The SMILES string of the molecule is CC[C@H]1OC(=O)[C@H](C)[C@@H](OC2C[C@@](C)(OC)[C@@H](OC(C)=O)[C@H](C)O2)[C@H](C)[C@@H](O[C@@H]2O[C@H](C)C[C@H](N(C)C)[C@H]2OC(C)=O)[C@](C)(OC(N)=O)C[C@@H](C)C(=O)C(C)[C@H]2NC(=O)O[C@@]21C. The minimum Gasteiger partial charge on any atom is -0.458 e. The molecule has 62 heavy (non-hydrogen) atoms. The predicted molar refractivity (Wildman–Crippen MR) is 219 cm³/mol. The first-order valence-corrected chi connectivity index (χ1v) is 21.6. The fraction of sp³-hybridized carbons (Fsp3) is 0.860. The Morgan fingerprint density at radius 2 is 1.48 bits per heavy atom. The number of nitrogens with two attached hydrogens (primary N) is 1. The Balaban J connectivity index is 1.96. The number of hydrogen-bond donors (Lipinski definition) is 2. The summed E-state index contributed by atoms with van der Waals surface area (Å²) in [6, 6.07) is -1.31. The standard InChI is InChI=1S/C43H71N3O16/c1-16-29-43(12)34(45-40(52)62-43)22(4)31(49)20(2)18-42(11,61-39(44)51)35(60-38-33(56-26(8)47)28(46(13)14)17-21(3)54-38)23(5)32(24(6)37(50)58-29)59-30-19-41(10,53-15)36(25(7)55-30)57-27(9)48/h20-25,28-30,32-36,38H,16-19H2,1-15H3,(H2,44,51)(H,45,52)/t20-,21-,22?,23+,24-,25+,28+,29-,30?,32+,33-,34-,35-,36+,38+,41-,42-,43-/m1/s1. The number of likely N-dealkylation sites (N-methyl/N-ethyl adjacent to an activating group) is 1. The van der Waals surface area contributed by atoms with Crippen molar-refractivity contribution in [3.63, 3.8) is 0 Å². The molecule has 2 amide bonds. The van der Waals surface area contributed by atoms with Crippen LogP contribution in [0.15, 0.2) is 0 Å². The molecule has 0 saturated carbocycles. The lowest BCUT2D eigenvalue weighted by Crippen LogP contribution is -2.62. The van der Waals surface area contributed by atoms with Crippen LogP contribution in [0.25, 0.3) is 0 Å². The Labute approximate surface area is 365 Å². The van der Waals surface area contributed by atoms with Crippen molar-refractivity contribution in [2.75, 3.05) is 21.2 Å². The number of methoxy groups -OCH3 is 1. The van der Waals surface area contributed by atoms with Gasteiger partial charge in [-0.05, 0) is 74.9 Å². The van der Waals surface area contributed by atoms with Crippen molar-refractivity contribution < 1.29 is 76.1 Å². The first-order valence-electron chi connectivity index (χ1n) is 21.6. The number of ketones is 1. The maximum Gasteiger partial charge on any atom is 0.408 e. The van der Waals surface area contributed by atoms with E-state index >= 15 is 0 Å². The van der Waals surface area contributed by atoms with Gasteiger partial charge >= 0.3 is 30.1 Å². The van der Waals surface area contributed by atoms with Crippen molar-refractivity contribution in [3.8, 4) is 0 Å². The number of Topliss-reactive ketones (excluding diaryl/α,β-unsaturated/α-hetero) is 1. The summed E-state index contributed by atoms with van der Waals surface area (Å²) in [5.41, 5.74) is 1.46. The maximum absolute atomic E-state index is 14.7. The molecular formula is C43H71N3O16. The molecule has 0 aromatic heterocycles. The molecule has 0 spiro atoms. The number of amides is 2. The fourth-order valence-electron chi connectivity index (χ4n) is 10.2. The van der Waals surface area contributed by atoms with Gasteiger partial charge in [-0.2, -0.15) is 0 Å². The number of nitrogens with zero attached hydrogens (tertiary/aromatic N) is 1. The van der Waals surface area contributed by atoms with Gasteiger partial charge in [0.2, 0.25) is 0 Å². The minimum atomic E-state index is -1.78. The molecule has 2 unspecified atom stereocenters. The van der Waals surface area contributed by atoms with E-state index in [1.807, 2.05) is 25.9 Å². The third-order valence-electron chi connectivity index (χ3n) is 13.3. The van der Waals surface area contributed by atoms with E-state index in [4.69, 9.17) is 53.1 Å². The number of nitrogens with one attached hydrogen (secondary N) is 1. The molecule has 4 rings (SSSR count). The van der Waals surface area contributed by atoms with Crippen LogP contribution in [0.1, 0.15) is 109 Å². The molecule has 3 N–H and O–H groups in total. The monoisotopic (exact) mass is 885 g/mol. The van der Waals surface area contributed by atoms with Gasteiger partial charge in [0.05, 0.1) is 36.3 Å². The van der Waals surface area contributed by atoms with Crippen LogP contribution in [-0.4, -0.2) is 146 Å². The molecular weight excluding hydrogens is 814 g/mol. The highest BCUT2D eigenvalue weighted by Gasteiger charge is 2.59. The second-order valence-corrected chi connectivity index (χ2v) is 18.5. The highest BCUT2D eigenvalue weighted by molar-refractivity contribution is 5.85. The topological polar surface area (TPSA) is 236 Å². The summed E-state index contributed by atoms with van der Waals surface area (Å²) in [6.07, 6.45) is -10.3. The molecule has 4 heterocycles. The second kappa shape index (κ2) is 20.0. The molecule has 0 aliphatic carbocycles. The molecule has 4 fully saturated rings. The second-order valence-electron chi connectivity index (χ2n) is 18.5. The van der Waals surface area contributed by atoms with E-state index in [1.165, 1.54) is 21.0 Å². The Kier molecular flexibility index (Phi) is 16.5. The van der Waals surface area contributed by atoms with Gasteiger partial charge < -0.3 is 63.3 Å². The van der Waals surface area contributed by atoms with Crippen LogP contribution >= 0.6 is 0 Å². The Morgan fingerprint density at radius 1 is 0.855 bits per heavy atom. The molecule has 18 atom stereocenters. The highest BCUT2D eigenvalue weighted by atomic mass is 16.7. The zero-order valence-corrected chi connectivity index (χ0v) is 39.0. The van der Waals surface area contributed by atoms with Gasteiger partial charge in [0.15, 0.2) is 30.4 Å². The van der Waals surface area contributed by atoms with Crippen molar-refractivity contribution in [1.29, 1.82) is 0 Å². The quantitative estimate of drug-likeness (QED) is 0.235. The van der Waals surface area contributed by atoms with E-state index in [0.717, 1.165) is 0 Å². The van der Waals surface area contributed by atoms with Crippen LogP contribution in [0.3, 0.4) is 0 Å². The average Bonchev–Trinajstić information content (AvgIpc) is 3.48. The smallest absolute Gasteiger partial charge is 0.408 e. The Morgan fingerprint density at radius 3 is 2.03 bits per heavy atom. The van der Waals surface area contributed by atoms with Crippen LogP contribution in [0, 0.1) is 23.7 Å². The van der Waals surface area contributed by atoms with Gasteiger partial charge in [-0.25, -0.2) is 9.59 Å². The summed E-state index contributed by atoms with van der Waals surface area (Å²) in [7, 11) is 5.15. The van der Waals surface area contributed by atoms with Gasteiger partial charge in [-0.15, -0.1) is 0 Å². The van der Waals surface area contributed by atoms with E-state index < -0.39 is 132 Å². The van der Waals surface area contributed by atoms with Crippen molar-refractivity contribution in [1.82, 2.24) is 10.2 Å². The van der Waals surface area contributed by atoms with Crippen LogP contribution < -0.4 is 11.1 Å². The van der Waals surface area contributed by atoms with Crippen molar-refractivity contribution in [2.45, 2.75) is 193 Å². The van der Waals surface area contributed by atoms with Gasteiger partial charge in [0.1, 0.15) is 29.2 Å². The van der Waals surface area contributed by atoms with E-state index in [0.29, 0.717) is 6.42 Å². The largest absolute Gasteiger partial charge is 0.458 e. The summed E-state index contributed by atoms with van der Waals surface area (Å²) in [5, 5.41) is 2.77. The number of esters is 3. The molecule has 0 bridgehead atoms. The van der Waals surface area contributed by atoms with Gasteiger partial charge in [0, 0.05) is 45.1 Å². The maximum atomic E-state index is 14.7. The third kappa shape index (κ3) is 11.0. The van der Waals surface area contributed by atoms with Crippen LogP contribution in [0.4, 0.5) is 9.59 Å². The number of carbonyl (C=O) groups excluding carboxylic acids is 6. The first-order chi connectivity index (χ1) is 28.7. The number of carbonyl (C=O) groups is 6. The third-order valence-corrected chi connectivity index (χ3v) is 13.3. The van der Waals surface area contributed by atoms with Crippen LogP contribution in [0.5, 0.6) is 0 Å². The zero-order valence-electron chi connectivity index (χ0n) is 39.0. The van der Waals surface area contributed by atoms with Crippen molar-refractivity contribution in [3.05, 3.63) is 0 Å². The number of ether oxygens (including phenoxy) is 10. The van der Waals surface area contributed by atoms with E-state index in [2.05, 4.69) is 5.32 Å². The lowest BCUT2D eigenvalue weighted by Gasteiger charge is -2.50. The lowest BCUT2D eigenvalue weighted by atomic mass is 9.73. The Bertz CT molecular complexity index is 1650. The molecule has 0 aromatic rings. The summed E-state index contributed by atoms with van der Waals surface area (Å²) < 4.78 is 62.2. The fourth-order valence-corrected chi connectivity index (χ4v) is 10.2. The molecule has 0 aromatic carbocycles. The number of hydrogen-bond acceptors (Lipinski definition) is 17. The molecule has 19 heteroatoms. The number of alkyl carbamates (subject to hydrolysis) is 1. The first kappa shape index (κ1) is 51.0. The Hall–Kier alpha value is -3.62. The summed E-state index contributed by atoms with van der Waals surface area (Å²) >= 11 is 0. The summed E-state index contributed by atoms with van der Waals surface area (Å²) in [6.45, 7) is 19.5. The predicted octanol–water partition coefficient (Wildman–Crippen LogP) is 3.79. The molecule has 4 aliphatic heterocycles. The summed E-state index contributed by atoms with van der Waals surface area (Å²) in [4.78, 5) is 81.9. The molecule has 19 nitrogen and oxygen atoms in total. The normalized spacial score (nSPS) is 43.3. The van der Waals surface area contributed by atoms with Gasteiger partial charge in [0.25, 0.3) is 0 Å². The van der Waals surface area contributed by atoms with Crippen molar-refractivity contribution >= 4 is 35.9 Å². The van der Waals surface area contributed by atoms with Gasteiger partial charge in [-0.1, -0.05) is 27.7 Å². The number of fused-ring (bicyclic) bond motifs is 1. The van der Waals surface area contributed by atoms with Crippen LogP contribution in [0.2, 0.25) is 0 Å². The van der Waals surface area contributed by atoms with E-state index in [9.17, 15) is 28.8 Å². The number of cyclic esters (lactones) is 1. The molecule has 4 aliphatic rings. The minimum absolute atomic E-state index is 0.0298. The summed E-state index contributed by atoms with van der Waals surface area (Å²) in [5.74, 6) is -6.07.